The van der Waals surface area contributed by atoms with E-state index in [-0.39, 0.29) is 5.56 Å². The van der Waals surface area contributed by atoms with E-state index in [4.69, 9.17) is 9.94 Å². The summed E-state index contributed by atoms with van der Waals surface area (Å²) in [5.74, 6) is 3.83. The van der Waals surface area contributed by atoms with E-state index >= 15 is 0 Å². The Labute approximate surface area is 193 Å². The Balaban J connectivity index is 2.13. The van der Waals surface area contributed by atoms with Crippen LogP contribution >= 0.6 is 0 Å². The number of aryl methyl sites for hydroxylation is 1. The molecule has 1 atom stereocenters. The molecule has 33 heavy (non-hydrogen) atoms. The van der Waals surface area contributed by atoms with Gasteiger partial charge in [0.05, 0.1) is 0 Å². The molecule has 0 bridgehead atoms. The first-order valence-electron chi connectivity index (χ1n) is 10.4. The Bertz CT molecular complexity index is 1020. The topological polar surface area (TPSA) is 108 Å². The summed E-state index contributed by atoms with van der Waals surface area (Å²) >= 11 is 0. The molecule has 3 amide bonds. The number of carbonyl (C=O) groups is 3. The Kier molecular flexibility index (Phi) is 9.16. The normalized spacial score (nSPS) is 12.0. The van der Waals surface area contributed by atoms with Gasteiger partial charge in [0.15, 0.2) is 5.54 Å². The van der Waals surface area contributed by atoms with Crippen molar-refractivity contribution in [1.29, 1.82) is 0 Å². The Morgan fingerprint density at radius 1 is 1.00 bits per heavy atom. The number of rotatable bonds is 8. The number of nitrogens with zero attached hydrogens (tertiary/aromatic N) is 1. The van der Waals surface area contributed by atoms with Crippen LogP contribution in [0.5, 0.6) is 0 Å². The van der Waals surface area contributed by atoms with Crippen LogP contribution in [0.15, 0.2) is 48.5 Å². The number of hydrogen-bond donors (Lipinski definition) is 3. The summed E-state index contributed by atoms with van der Waals surface area (Å²) < 4.78 is 5.07. The van der Waals surface area contributed by atoms with Gasteiger partial charge in [0.25, 0.3) is 17.7 Å². The highest BCUT2D eigenvalue weighted by Crippen LogP contribution is 2.18. The van der Waals surface area contributed by atoms with E-state index in [2.05, 4.69) is 17.2 Å². The van der Waals surface area contributed by atoms with Crippen LogP contribution in [0.4, 0.5) is 0 Å². The lowest BCUT2D eigenvalue weighted by atomic mass is 9.96. The molecule has 3 N–H and O–H groups in total. The Morgan fingerprint density at radius 2 is 1.55 bits per heavy atom. The molecule has 0 aliphatic rings. The van der Waals surface area contributed by atoms with Crippen LogP contribution in [-0.2, 0) is 20.7 Å². The molecule has 2 aromatic carbocycles. The molecular formula is C25H29N3O5. The van der Waals surface area contributed by atoms with Crippen molar-refractivity contribution in [1.82, 2.24) is 15.7 Å². The number of likely N-dealkylation sites (N-methyl/N-ethyl adjacent to an activating group) is 2. The third kappa shape index (κ3) is 6.19. The van der Waals surface area contributed by atoms with Crippen molar-refractivity contribution in [3.05, 3.63) is 70.8 Å². The number of hydrogen-bond acceptors (Lipinski definition) is 5. The van der Waals surface area contributed by atoms with Gasteiger partial charge in [0.2, 0.25) is 0 Å². The average Bonchev–Trinajstić information content (AvgIpc) is 2.86. The summed E-state index contributed by atoms with van der Waals surface area (Å²) in [6.45, 7) is 1.98. The predicted octanol–water partition coefficient (Wildman–Crippen LogP) is 1.75. The summed E-state index contributed by atoms with van der Waals surface area (Å²) in [4.78, 5) is 38.3. The van der Waals surface area contributed by atoms with E-state index in [9.17, 15) is 14.4 Å². The summed E-state index contributed by atoms with van der Waals surface area (Å²) in [6.07, 6.45) is 1.92. The molecule has 0 unspecified atom stereocenters. The largest absolute Gasteiger partial charge is 0.385 e. The molecule has 0 heterocycles. The summed E-state index contributed by atoms with van der Waals surface area (Å²) in [6, 6.07) is 14.5. The fourth-order valence-electron chi connectivity index (χ4n) is 3.17. The molecule has 0 saturated carbocycles. The number of benzene rings is 2. The van der Waals surface area contributed by atoms with Crippen molar-refractivity contribution in [3.63, 3.8) is 0 Å². The maximum Gasteiger partial charge on any atom is 0.278 e. The standard InChI is InChI=1S/C25H29N3O5/c1-25(23(30)26-2,24(31)27-32)28(3)22(29)21-15-13-20(14-16-21)12-11-19-9-7-18(8-10-19)6-5-17-33-4/h7-10,13-16,32H,5-6,17H2,1-4H3,(H,26,30)(H,27,31)/t25-/m0/s1. The number of nitrogens with one attached hydrogen (secondary N) is 2. The van der Waals surface area contributed by atoms with Crippen LogP contribution in [0.25, 0.3) is 0 Å². The number of methoxy groups -OCH3 is 1. The second-order valence-electron chi connectivity index (χ2n) is 7.58. The molecule has 0 spiro atoms. The lowest BCUT2D eigenvalue weighted by molar-refractivity contribution is -0.148. The van der Waals surface area contributed by atoms with E-state index < -0.39 is 23.3 Å². The Morgan fingerprint density at radius 3 is 2.03 bits per heavy atom. The molecule has 0 saturated heterocycles. The fraction of sp³-hybridized carbons (Fsp3) is 0.320. The van der Waals surface area contributed by atoms with E-state index in [1.54, 1.807) is 31.4 Å². The zero-order chi connectivity index (χ0) is 24.4. The van der Waals surface area contributed by atoms with E-state index in [1.807, 2.05) is 24.3 Å². The highest BCUT2D eigenvalue weighted by molar-refractivity contribution is 6.12. The van der Waals surface area contributed by atoms with Crippen LogP contribution in [-0.4, -0.2) is 61.2 Å². The zero-order valence-corrected chi connectivity index (χ0v) is 19.3. The third-order valence-corrected chi connectivity index (χ3v) is 5.44. The van der Waals surface area contributed by atoms with Crippen LogP contribution in [0, 0.1) is 11.8 Å². The van der Waals surface area contributed by atoms with Crippen LogP contribution in [0.1, 0.15) is 40.4 Å². The van der Waals surface area contributed by atoms with Gasteiger partial charge in [-0.25, -0.2) is 5.48 Å². The molecule has 0 aliphatic carbocycles. The second-order valence-corrected chi connectivity index (χ2v) is 7.58. The van der Waals surface area contributed by atoms with Crippen molar-refractivity contribution in [3.8, 4) is 11.8 Å². The van der Waals surface area contributed by atoms with Crippen LogP contribution in [0.3, 0.4) is 0 Å². The molecule has 0 fully saturated rings. The maximum atomic E-state index is 12.9. The lowest BCUT2D eigenvalue weighted by Gasteiger charge is -2.34. The molecule has 8 heteroatoms. The van der Waals surface area contributed by atoms with Gasteiger partial charge < -0.3 is 15.0 Å². The zero-order valence-electron chi connectivity index (χ0n) is 19.3. The van der Waals surface area contributed by atoms with E-state index in [1.165, 1.54) is 32.1 Å². The highest BCUT2D eigenvalue weighted by Gasteiger charge is 2.47. The molecule has 0 aliphatic heterocycles. The van der Waals surface area contributed by atoms with E-state index in [0.717, 1.165) is 29.9 Å². The summed E-state index contributed by atoms with van der Waals surface area (Å²) in [5.41, 5.74) is 2.59. The van der Waals surface area contributed by atoms with Gasteiger partial charge in [-0.15, -0.1) is 0 Å². The Hall–Kier alpha value is -3.67. The van der Waals surface area contributed by atoms with Crippen molar-refractivity contribution < 1.29 is 24.3 Å². The summed E-state index contributed by atoms with van der Waals surface area (Å²) in [7, 11) is 4.35. The molecule has 0 radical (unpaired) electrons. The van der Waals surface area contributed by atoms with Gasteiger partial charge >= 0.3 is 0 Å². The first kappa shape index (κ1) is 25.6. The average molecular weight is 452 g/mol. The molecule has 174 valence electrons. The second kappa shape index (κ2) is 11.8. The van der Waals surface area contributed by atoms with Gasteiger partial charge in [0.1, 0.15) is 0 Å². The molecule has 2 aromatic rings. The number of carbonyl (C=O) groups excluding carboxylic acids is 3. The predicted molar refractivity (Wildman–Crippen MR) is 124 cm³/mol. The van der Waals surface area contributed by atoms with Crippen molar-refractivity contribution in [2.75, 3.05) is 27.8 Å². The highest BCUT2D eigenvalue weighted by atomic mass is 16.5. The molecular weight excluding hydrogens is 422 g/mol. The van der Waals surface area contributed by atoms with Gasteiger partial charge in [-0.2, -0.15) is 0 Å². The number of amides is 3. The maximum absolute atomic E-state index is 12.9. The first-order chi connectivity index (χ1) is 15.8. The number of hydroxylamine groups is 1. The van der Waals surface area contributed by atoms with E-state index in [0.29, 0.717) is 5.56 Å². The molecule has 2 rings (SSSR count). The molecule has 0 aromatic heterocycles. The third-order valence-electron chi connectivity index (χ3n) is 5.44. The van der Waals surface area contributed by atoms with Gasteiger partial charge in [-0.1, -0.05) is 24.0 Å². The number of ether oxygens (including phenoxy) is 1. The SMILES string of the molecule is CNC(=O)[C@@](C)(C(=O)NO)N(C)C(=O)c1ccc(C#Cc2ccc(CCCOC)cc2)cc1. The lowest BCUT2D eigenvalue weighted by Crippen LogP contribution is -2.64. The van der Waals surface area contributed by atoms with Gasteiger partial charge in [-0.3, -0.25) is 19.6 Å². The quantitative estimate of drug-likeness (QED) is 0.186. The first-order valence-corrected chi connectivity index (χ1v) is 10.4. The fourth-order valence-corrected chi connectivity index (χ4v) is 3.17. The van der Waals surface area contributed by atoms with Crippen molar-refractivity contribution in [2.45, 2.75) is 25.3 Å². The minimum absolute atomic E-state index is 0.268. The minimum atomic E-state index is -1.94. The van der Waals surface area contributed by atoms with Crippen molar-refractivity contribution >= 4 is 17.7 Å². The van der Waals surface area contributed by atoms with Gasteiger partial charge in [-0.05, 0) is 61.7 Å². The van der Waals surface area contributed by atoms with Crippen LogP contribution < -0.4 is 10.8 Å². The van der Waals surface area contributed by atoms with Crippen LogP contribution in [0.2, 0.25) is 0 Å². The smallest absolute Gasteiger partial charge is 0.278 e. The van der Waals surface area contributed by atoms with Crippen molar-refractivity contribution in [2.24, 2.45) is 0 Å². The monoisotopic (exact) mass is 451 g/mol. The van der Waals surface area contributed by atoms with Gasteiger partial charge in [0, 0.05) is 44.5 Å². The minimum Gasteiger partial charge on any atom is -0.385 e. The molecule has 8 nitrogen and oxygen atoms in total. The summed E-state index contributed by atoms with van der Waals surface area (Å²) in [5, 5.41) is 11.4.